The van der Waals surface area contributed by atoms with E-state index in [1.165, 1.54) is 6.07 Å². The molecular formula is C17H11F6N3O5S. The van der Waals surface area contributed by atoms with Gasteiger partial charge in [0.05, 0.1) is 29.3 Å². The molecule has 0 atom stereocenters. The number of H-pyrrole nitrogens is 1. The van der Waals surface area contributed by atoms with Crippen LogP contribution in [0.3, 0.4) is 0 Å². The molecule has 1 aromatic heterocycles. The Hall–Kier alpha value is -3.49. The van der Waals surface area contributed by atoms with Crippen molar-refractivity contribution in [3.05, 3.63) is 47.5 Å². The zero-order valence-corrected chi connectivity index (χ0v) is 16.4. The Balaban J connectivity index is 1.98. The number of carbonyl (C=O) groups excluding carboxylic acids is 1. The van der Waals surface area contributed by atoms with Gasteiger partial charge in [0.15, 0.2) is 0 Å². The highest BCUT2D eigenvalue weighted by molar-refractivity contribution is 7.87. The number of amides is 1. The van der Waals surface area contributed by atoms with Crippen molar-refractivity contribution >= 4 is 33.2 Å². The summed E-state index contributed by atoms with van der Waals surface area (Å²) in [4.78, 5) is 17.1. The van der Waals surface area contributed by atoms with Gasteiger partial charge in [-0.3, -0.25) is 5.32 Å². The Kier molecular flexibility index (Phi) is 5.71. The van der Waals surface area contributed by atoms with E-state index in [2.05, 4.69) is 24.2 Å². The van der Waals surface area contributed by atoms with Gasteiger partial charge in [0.25, 0.3) is 0 Å². The first kappa shape index (κ1) is 23.2. The minimum absolute atomic E-state index is 0.0705. The highest BCUT2D eigenvalue weighted by atomic mass is 32.2. The first-order valence-electron chi connectivity index (χ1n) is 8.28. The summed E-state index contributed by atoms with van der Waals surface area (Å²) in [6.07, 6.45) is -11.2. The van der Waals surface area contributed by atoms with Gasteiger partial charge in [-0.05, 0) is 36.4 Å². The molecule has 15 heteroatoms. The number of benzene rings is 2. The molecule has 3 aromatic rings. The lowest BCUT2D eigenvalue weighted by Crippen LogP contribution is -2.14. The number of hydrogen-bond donors (Lipinski definition) is 2. The lowest BCUT2D eigenvalue weighted by Gasteiger charge is -2.14. The number of carbonyl (C=O) groups is 1. The van der Waals surface area contributed by atoms with Gasteiger partial charge in [0.1, 0.15) is 10.6 Å². The van der Waals surface area contributed by atoms with E-state index in [1.54, 1.807) is 0 Å². The van der Waals surface area contributed by atoms with Crippen molar-refractivity contribution < 1.29 is 48.5 Å². The van der Waals surface area contributed by atoms with E-state index in [0.717, 1.165) is 19.2 Å². The number of fused-ring (bicyclic) bond motifs is 1. The molecule has 0 saturated carbocycles. The number of alkyl halides is 6. The van der Waals surface area contributed by atoms with E-state index in [-0.39, 0.29) is 35.2 Å². The van der Waals surface area contributed by atoms with Crippen LogP contribution in [0, 0.1) is 0 Å². The highest BCUT2D eigenvalue weighted by Gasteiger charge is 2.37. The summed E-state index contributed by atoms with van der Waals surface area (Å²) in [5.41, 5.74) is -3.21. The first-order chi connectivity index (χ1) is 14.7. The summed E-state index contributed by atoms with van der Waals surface area (Å²) in [7, 11) is -3.75. The number of hydrogen-bond acceptors (Lipinski definition) is 6. The maximum Gasteiger partial charge on any atom is 0.416 e. The van der Waals surface area contributed by atoms with Crippen molar-refractivity contribution in [3.63, 3.8) is 0 Å². The fourth-order valence-electron chi connectivity index (χ4n) is 2.50. The number of anilines is 1. The van der Waals surface area contributed by atoms with Gasteiger partial charge < -0.3 is 13.9 Å². The van der Waals surface area contributed by atoms with E-state index in [9.17, 15) is 39.6 Å². The predicted molar refractivity (Wildman–Crippen MR) is 96.4 cm³/mol. The summed E-state index contributed by atoms with van der Waals surface area (Å²) < 4.78 is 112. The Morgan fingerprint density at radius 3 is 2.12 bits per heavy atom. The van der Waals surface area contributed by atoms with Crippen molar-refractivity contribution in [3.8, 4) is 5.75 Å². The maximum atomic E-state index is 13.0. The van der Waals surface area contributed by atoms with E-state index in [0.29, 0.717) is 0 Å². The number of aromatic nitrogens is 2. The number of methoxy groups -OCH3 is 1. The van der Waals surface area contributed by atoms with Crippen molar-refractivity contribution in [1.29, 1.82) is 0 Å². The smallest absolute Gasteiger partial charge is 0.416 e. The van der Waals surface area contributed by atoms with E-state index >= 15 is 0 Å². The molecule has 0 bridgehead atoms. The van der Waals surface area contributed by atoms with Crippen LogP contribution in [0.2, 0.25) is 0 Å². The van der Waals surface area contributed by atoms with Gasteiger partial charge in [-0.25, -0.2) is 9.78 Å². The average Bonchev–Trinajstić information content (AvgIpc) is 3.07. The van der Waals surface area contributed by atoms with Crippen LogP contribution in [0.1, 0.15) is 11.1 Å². The molecule has 1 amide bonds. The predicted octanol–water partition coefficient (Wildman–Crippen LogP) is 4.55. The molecular weight excluding hydrogens is 472 g/mol. The quantitative estimate of drug-likeness (QED) is 0.416. The van der Waals surface area contributed by atoms with Crippen LogP contribution in [0.25, 0.3) is 11.0 Å². The van der Waals surface area contributed by atoms with Crippen molar-refractivity contribution in [2.24, 2.45) is 0 Å². The maximum absolute atomic E-state index is 13.0. The molecule has 1 heterocycles. The molecule has 0 radical (unpaired) electrons. The number of ether oxygens (including phenoxy) is 1. The number of imidazole rings is 1. The number of nitrogens with zero attached hydrogens (tertiary/aromatic N) is 1. The molecule has 172 valence electrons. The molecule has 0 aliphatic rings. The Morgan fingerprint density at radius 1 is 1.00 bits per heavy atom. The van der Waals surface area contributed by atoms with Gasteiger partial charge in [0, 0.05) is 0 Å². The lowest BCUT2D eigenvalue weighted by molar-refractivity contribution is -0.143. The van der Waals surface area contributed by atoms with Gasteiger partial charge in [0.2, 0.25) is 5.95 Å². The Morgan fingerprint density at radius 2 is 1.59 bits per heavy atom. The monoisotopic (exact) mass is 483 g/mol. The molecule has 0 saturated heterocycles. The highest BCUT2D eigenvalue weighted by Crippen LogP contribution is 2.38. The molecule has 0 aliphatic heterocycles. The van der Waals surface area contributed by atoms with E-state index in [4.69, 9.17) is 0 Å². The third kappa shape index (κ3) is 5.04. The number of aromatic amines is 1. The Bertz CT molecular complexity index is 1250. The molecule has 0 aliphatic carbocycles. The molecule has 2 aromatic carbocycles. The van der Waals surface area contributed by atoms with E-state index < -0.39 is 50.3 Å². The molecule has 0 spiro atoms. The minimum Gasteiger partial charge on any atom is -0.453 e. The average molecular weight is 483 g/mol. The van der Waals surface area contributed by atoms with Gasteiger partial charge in [-0.15, -0.1) is 0 Å². The molecule has 8 nitrogen and oxygen atoms in total. The second-order valence-corrected chi connectivity index (χ2v) is 7.71. The van der Waals surface area contributed by atoms with Crippen molar-refractivity contribution in [2.75, 3.05) is 12.4 Å². The molecule has 0 unspecified atom stereocenters. The van der Waals surface area contributed by atoms with E-state index in [1.807, 2.05) is 0 Å². The summed E-state index contributed by atoms with van der Waals surface area (Å²) in [6, 6.07) is 3.24. The molecule has 3 rings (SSSR count). The van der Waals surface area contributed by atoms with Gasteiger partial charge in [-0.2, -0.15) is 34.8 Å². The van der Waals surface area contributed by atoms with Gasteiger partial charge in [-0.1, -0.05) is 0 Å². The zero-order chi connectivity index (χ0) is 23.9. The zero-order valence-electron chi connectivity index (χ0n) is 15.6. The number of nitrogens with one attached hydrogen (secondary N) is 2. The summed E-state index contributed by atoms with van der Waals surface area (Å²) in [5, 5.41) is 2.20. The number of halogens is 6. The fraction of sp³-hybridized carbons (Fsp3) is 0.176. The first-order valence-corrected chi connectivity index (χ1v) is 9.68. The van der Waals surface area contributed by atoms with Crippen molar-refractivity contribution in [2.45, 2.75) is 17.2 Å². The summed E-state index contributed by atoms with van der Waals surface area (Å²) >= 11 is 0. The van der Waals surface area contributed by atoms with Crippen LogP contribution in [-0.2, 0) is 27.2 Å². The normalized spacial score (nSPS) is 12.6. The number of rotatable bonds is 4. The third-order valence-electron chi connectivity index (χ3n) is 3.91. The second kappa shape index (κ2) is 7.89. The third-order valence-corrected chi connectivity index (χ3v) is 5.16. The van der Waals surface area contributed by atoms with Crippen LogP contribution in [0.4, 0.5) is 37.1 Å². The lowest BCUT2D eigenvalue weighted by atomic mass is 10.1. The van der Waals surface area contributed by atoms with Crippen LogP contribution < -0.4 is 9.50 Å². The standard InChI is InChI=1S/C17H11F6N3O5S/c1-30-15(27)26-14-24-12-3-2-11(7-13(12)25-14)32(28,29)31-10-5-8(16(18,19)20)4-9(6-10)17(21,22)23/h2-7H,1H3,(H2,24,25,26,27). The molecule has 0 fully saturated rings. The fourth-order valence-corrected chi connectivity index (χ4v) is 3.44. The van der Waals surface area contributed by atoms with Crippen LogP contribution >= 0.6 is 0 Å². The van der Waals surface area contributed by atoms with Crippen LogP contribution in [0.15, 0.2) is 41.3 Å². The summed E-state index contributed by atoms with van der Waals surface area (Å²) in [6.45, 7) is 0. The van der Waals surface area contributed by atoms with Crippen LogP contribution in [-0.4, -0.2) is 31.6 Å². The summed E-state index contributed by atoms with van der Waals surface area (Å²) in [5.74, 6) is -1.28. The van der Waals surface area contributed by atoms with Crippen LogP contribution in [0.5, 0.6) is 5.75 Å². The van der Waals surface area contributed by atoms with Crippen molar-refractivity contribution in [1.82, 2.24) is 9.97 Å². The largest absolute Gasteiger partial charge is 0.453 e. The Labute approximate surface area is 175 Å². The molecule has 32 heavy (non-hydrogen) atoms. The van der Waals surface area contributed by atoms with Gasteiger partial charge >= 0.3 is 28.6 Å². The second-order valence-electron chi connectivity index (χ2n) is 6.16. The topological polar surface area (TPSA) is 110 Å². The molecule has 2 N–H and O–H groups in total. The SMILES string of the molecule is COC(=O)Nc1nc2ccc(S(=O)(=O)Oc3cc(C(F)(F)F)cc(C(F)(F)F)c3)cc2[nH]1. The minimum atomic E-state index is -5.18.